The van der Waals surface area contributed by atoms with Crippen molar-refractivity contribution in [1.82, 2.24) is 4.98 Å². The highest BCUT2D eigenvalue weighted by molar-refractivity contribution is 5.33. The highest BCUT2D eigenvalue weighted by Gasteiger charge is 2.04. The molecule has 0 radical (unpaired) electrons. The number of nitro benzene ring substituents is 1. The molecule has 0 atom stereocenters. The van der Waals surface area contributed by atoms with Gasteiger partial charge in [0.15, 0.2) is 0 Å². The molecule has 0 saturated carbocycles. The molecule has 1 aromatic carbocycles. The van der Waals surface area contributed by atoms with Crippen LogP contribution in [0.25, 0.3) is 0 Å². The van der Waals surface area contributed by atoms with Gasteiger partial charge in [-0.1, -0.05) is 6.07 Å². The van der Waals surface area contributed by atoms with Crippen LogP contribution >= 0.6 is 0 Å². The van der Waals surface area contributed by atoms with Gasteiger partial charge in [-0.15, -0.1) is 0 Å². The maximum Gasteiger partial charge on any atom is 0.269 e. The van der Waals surface area contributed by atoms with E-state index in [1.807, 2.05) is 6.07 Å². The number of rotatable bonds is 4. The molecule has 19 heavy (non-hydrogen) atoms. The Morgan fingerprint density at radius 2 is 2.00 bits per heavy atom. The van der Waals surface area contributed by atoms with E-state index >= 15 is 0 Å². The molecule has 0 N–H and O–H groups in total. The molecule has 2 rings (SSSR count). The average Bonchev–Trinajstić information content (AvgIpc) is 2.46. The molecule has 2 aromatic rings. The van der Waals surface area contributed by atoms with E-state index in [0.29, 0.717) is 5.88 Å². The number of nitriles is 1. The second kappa shape index (κ2) is 5.60. The molecule has 0 amide bonds. The van der Waals surface area contributed by atoms with Crippen LogP contribution in [0.2, 0.25) is 0 Å². The van der Waals surface area contributed by atoms with E-state index in [1.165, 1.54) is 12.1 Å². The first kappa shape index (κ1) is 12.5. The number of nitrogens with zero attached hydrogens (tertiary/aromatic N) is 3. The first-order chi connectivity index (χ1) is 9.19. The van der Waals surface area contributed by atoms with Gasteiger partial charge in [0.25, 0.3) is 5.69 Å². The summed E-state index contributed by atoms with van der Waals surface area (Å²) in [6.07, 6.45) is 0. The summed E-state index contributed by atoms with van der Waals surface area (Å²) in [5, 5.41) is 19.2. The zero-order chi connectivity index (χ0) is 13.7. The maximum atomic E-state index is 10.5. The topological polar surface area (TPSA) is 89.0 Å². The summed E-state index contributed by atoms with van der Waals surface area (Å²) in [6, 6.07) is 12.9. The molecular weight excluding hydrogens is 246 g/mol. The smallest absolute Gasteiger partial charge is 0.269 e. The van der Waals surface area contributed by atoms with Crippen LogP contribution in [-0.2, 0) is 6.61 Å². The van der Waals surface area contributed by atoms with Gasteiger partial charge in [-0.3, -0.25) is 10.1 Å². The monoisotopic (exact) mass is 255 g/mol. The maximum absolute atomic E-state index is 10.5. The van der Waals surface area contributed by atoms with Gasteiger partial charge < -0.3 is 4.74 Å². The van der Waals surface area contributed by atoms with Crippen LogP contribution in [0, 0.1) is 21.4 Å². The third kappa shape index (κ3) is 3.26. The first-order valence-corrected chi connectivity index (χ1v) is 5.42. The summed E-state index contributed by atoms with van der Waals surface area (Å²) >= 11 is 0. The number of non-ortho nitro benzene ring substituents is 1. The second-order valence-corrected chi connectivity index (χ2v) is 3.69. The minimum Gasteiger partial charge on any atom is -0.473 e. The van der Waals surface area contributed by atoms with Crippen molar-refractivity contribution >= 4 is 5.69 Å². The van der Waals surface area contributed by atoms with Gasteiger partial charge >= 0.3 is 0 Å². The van der Waals surface area contributed by atoms with Crippen molar-refractivity contribution < 1.29 is 9.66 Å². The molecule has 94 valence electrons. The molecule has 0 spiro atoms. The van der Waals surface area contributed by atoms with Crippen LogP contribution in [0.4, 0.5) is 5.69 Å². The molecule has 6 nitrogen and oxygen atoms in total. The Hall–Kier alpha value is -2.94. The van der Waals surface area contributed by atoms with Gasteiger partial charge in [-0.05, 0) is 23.8 Å². The Morgan fingerprint density at radius 1 is 1.26 bits per heavy atom. The molecule has 0 aliphatic rings. The van der Waals surface area contributed by atoms with Gasteiger partial charge in [0, 0.05) is 18.2 Å². The summed E-state index contributed by atoms with van der Waals surface area (Å²) < 4.78 is 5.40. The van der Waals surface area contributed by atoms with E-state index < -0.39 is 4.92 Å². The third-order valence-electron chi connectivity index (χ3n) is 2.37. The van der Waals surface area contributed by atoms with Crippen LogP contribution in [0.1, 0.15) is 11.3 Å². The minimum absolute atomic E-state index is 0.0355. The summed E-state index contributed by atoms with van der Waals surface area (Å²) in [6.45, 7) is 0.236. The molecule has 6 heteroatoms. The molecule has 0 saturated heterocycles. The molecule has 0 fully saturated rings. The predicted molar refractivity (Wildman–Crippen MR) is 66.4 cm³/mol. The molecule has 0 unspecified atom stereocenters. The van der Waals surface area contributed by atoms with E-state index in [1.54, 1.807) is 30.3 Å². The van der Waals surface area contributed by atoms with E-state index in [4.69, 9.17) is 10.00 Å². The fourth-order valence-corrected chi connectivity index (χ4v) is 1.43. The lowest BCUT2D eigenvalue weighted by atomic mass is 10.2. The molecular formula is C13H9N3O3. The zero-order valence-corrected chi connectivity index (χ0v) is 9.81. The molecule has 1 heterocycles. The Bertz CT molecular complexity index is 632. The van der Waals surface area contributed by atoms with Gasteiger partial charge in [0.2, 0.25) is 5.88 Å². The van der Waals surface area contributed by atoms with Crippen molar-refractivity contribution in [2.24, 2.45) is 0 Å². The second-order valence-electron chi connectivity index (χ2n) is 3.69. The number of nitro groups is 1. The van der Waals surface area contributed by atoms with Crippen molar-refractivity contribution in [3.05, 3.63) is 63.8 Å². The van der Waals surface area contributed by atoms with Crippen LogP contribution in [0.15, 0.2) is 42.5 Å². The number of hydrogen-bond donors (Lipinski definition) is 0. The lowest BCUT2D eigenvalue weighted by Gasteiger charge is -2.05. The Kier molecular flexibility index (Phi) is 3.69. The SMILES string of the molecule is N#Cc1cccc(OCc2ccc([N+](=O)[O-])cc2)n1. The van der Waals surface area contributed by atoms with Crippen molar-refractivity contribution in [2.75, 3.05) is 0 Å². The lowest BCUT2D eigenvalue weighted by molar-refractivity contribution is -0.384. The first-order valence-electron chi connectivity index (χ1n) is 5.42. The van der Waals surface area contributed by atoms with Crippen LogP contribution < -0.4 is 4.74 Å². The summed E-state index contributed by atoms with van der Waals surface area (Å²) in [5.41, 5.74) is 1.10. The number of ether oxygens (including phenoxy) is 1. The van der Waals surface area contributed by atoms with Gasteiger partial charge in [0.1, 0.15) is 18.4 Å². The van der Waals surface area contributed by atoms with Crippen molar-refractivity contribution in [1.29, 1.82) is 5.26 Å². The molecule has 0 bridgehead atoms. The zero-order valence-electron chi connectivity index (χ0n) is 9.81. The lowest BCUT2D eigenvalue weighted by Crippen LogP contribution is -1.98. The fourth-order valence-electron chi connectivity index (χ4n) is 1.43. The van der Waals surface area contributed by atoms with Gasteiger partial charge in [-0.2, -0.15) is 5.26 Å². The number of pyridine rings is 1. The quantitative estimate of drug-likeness (QED) is 0.618. The Balaban J connectivity index is 2.02. The number of benzene rings is 1. The summed E-state index contributed by atoms with van der Waals surface area (Å²) in [4.78, 5) is 14.0. The molecule has 0 aliphatic heterocycles. The Labute approximate surface area is 109 Å². The average molecular weight is 255 g/mol. The van der Waals surface area contributed by atoms with E-state index in [0.717, 1.165) is 5.56 Å². The van der Waals surface area contributed by atoms with Crippen molar-refractivity contribution in [3.8, 4) is 11.9 Å². The van der Waals surface area contributed by atoms with Crippen LogP contribution in [0.5, 0.6) is 5.88 Å². The van der Waals surface area contributed by atoms with E-state index in [9.17, 15) is 10.1 Å². The van der Waals surface area contributed by atoms with Gasteiger partial charge in [-0.25, -0.2) is 4.98 Å². The Morgan fingerprint density at radius 3 is 2.63 bits per heavy atom. The molecule has 1 aromatic heterocycles. The van der Waals surface area contributed by atoms with E-state index in [2.05, 4.69) is 4.98 Å². The highest BCUT2D eigenvalue weighted by atomic mass is 16.6. The third-order valence-corrected chi connectivity index (χ3v) is 2.37. The van der Waals surface area contributed by atoms with Crippen LogP contribution in [0.3, 0.4) is 0 Å². The number of hydrogen-bond acceptors (Lipinski definition) is 5. The largest absolute Gasteiger partial charge is 0.473 e. The van der Waals surface area contributed by atoms with Gasteiger partial charge in [0.05, 0.1) is 4.92 Å². The fraction of sp³-hybridized carbons (Fsp3) is 0.0769. The standard InChI is InChI=1S/C13H9N3O3/c14-8-11-2-1-3-13(15-11)19-9-10-4-6-12(7-5-10)16(17)18/h1-7H,9H2. The minimum atomic E-state index is -0.456. The normalized spacial score (nSPS) is 9.63. The van der Waals surface area contributed by atoms with Crippen molar-refractivity contribution in [3.63, 3.8) is 0 Å². The van der Waals surface area contributed by atoms with Crippen LogP contribution in [-0.4, -0.2) is 9.91 Å². The van der Waals surface area contributed by atoms with E-state index in [-0.39, 0.29) is 18.0 Å². The van der Waals surface area contributed by atoms with Crippen molar-refractivity contribution in [2.45, 2.75) is 6.61 Å². The summed E-state index contributed by atoms with van der Waals surface area (Å²) in [7, 11) is 0. The highest BCUT2D eigenvalue weighted by Crippen LogP contribution is 2.14. The summed E-state index contributed by atoms with van der Waals surface area (Å²) in [5.74, 6) is 0.345. The molecule has 0 aliphatic carbocycles. The number of aromatic nitrogens is 1. The predicted octanol–water partition coefficient (Wildman–Crippen LogP) is 2.44.